The maximum Gasteiger partial charge on any atom is 0.0645 e. The third-order valence-corrected chi connectivity index (χ3v) is 2.60. The zero-order chi connectivity index (χ0) is 10.3. The maximum atomic E-state index is 6.07. The molecule has 0 aliphatic heterocycles. The second kappa shape index (κ2) is 3.07. The lowest BCUT2D eigenvalue weighted by Gasteiger charge is -2.24. The molecule has 0 aromatic carbocycles. The van der Waals surface area contributed by atoms with Crippen molar-refractivity contribution in [3.05, 3.63) is 16.6 Å². The van der Waals surface area contributed by atoms with Gasteiger partial charge in [-0.25, -0.2) is 0 Å². The number of rotatable bonds is 1. The molecule has 0 bridgehead atoms. The SMILES string of the molecule is CC(C)(C)c1nscc1C(C)(C)N. The van der Waals surface area contributed by atoms with Crippen molar-refractivity contribution < 1.29 is 0 Å². The van der Waals surface area contributed by atoms with Crippen LogP contribution in [0.4, 0.5) is 0 Å². The van der Waals surface area contributed by atoms with Gasteiger partial charge in [0.2, 0.25) is 0 Å². The molecule has 0 atom stereocenters. The quantitative estimate of drug-likeness (QED) is 0.753. The zero-order valence-corrected chi connectivity index (χ0v) is 9.83. The average molecular weight is 198 g/mol. The fourth-order valence-corrected chi connectivity index (χ4v) is 2.29. The largest absolute Gasteiger partial charge is 0.322 e. The molecule has 3 heteroatoms. The molecule has 2 nitrogen and oxygen atoms in total. The minimum atomic E-state index is -0.282. The highest BCUT2D eigenvalue weighted by Gasteiger charge is 2.27. The predicted octanol–water partition coefficient (Wildman–Crippen LogP) is 2.63. The summed E-state index contributed by atoms with van der Waals surface area (Å²) in [5.74, 6) is 0. The number of aromatic nitrogens is 1. The zero-order valence-electron chi connectivity index (χ0n) is 9.01. The minimum Gasteiger partial charge on any atom is -0.322 e. The molecule has 0 amide bonds. The van der Waals surface area contributed by atoms with Crippen molar-refractivity contribution in [3.8, 4) is 0 Å². The number of hydrogen-bond acceptors (Lipinski definition) is 3. The fourth-order valence-electron chi connectivity index (χ4n) is 1.23. The summed E-state index contributed by atoms with van der Waals surface area (Å²) in [5, 5.41) is 2.06. The lowest BCUT2D eigenvalue weighted by atomic mass is 9.84. The van der Waals surface area contributed by atoms with Crippen molar-refractivity contribution in [2.75, 3.05) is 0 Å². The van der Waals surface area contributed by atoms with E-state index >= 15 is 0 Å². The standard InChI is InChI=1S/C10H18N2S/c1-9(2,3)8-7(6-13-12-8)10(4,5)11/h6H,11H2,1-5H3. The monoisotopic (exact) mass is 198 g/mol. The molecule has 0 fully saturated rings. The average Bonchev–Trinajstić information content (AvgIpc) is 2.27. The van der Waals surface area contributed by atoms with Crippen LogP contribution >= 0.6 is 11.5 Å². The van der Waals surface area contributed by atoms with E-state index < -0.39 is 0 Å². The van der Waals surface area contributed by atoms with Crippen LogP contribution in [0.1, 0.15) is 45.9 Å². The van der Waals surface area contributed by atoms with Gasteiger partial charge in [-0.15, -0.1) is 0 Å². The minimum absolute atomic E-state index is 0.0893. The first-order valence-corrected chi connectivity index (χ1v) is 5.31. The van der Waals surface area contributed by atoms with Crippen LogP contribution < -0.4 is 5.73 Å². The van der Waals surface area contributed by atoms with Crippen LogP contribution in [0.3, 0.4) is 0 Å². The van der Waals surface area contributed by atoms with Gasteiger partial charge in [0.05, 0.1) is 5.69 Å². The van der Waals surface area contributed by atoms with E-state index in [1.54, 1.807) is 0 Å². The summed E-state index contributed by atoms with van der Waals surface area (Å²) in [7, 11) is 0. The van der Waals surface area contributed by atoms with Crippen molar-refractivity contribution >= 4 is 11.5 Å². The Labute approximate surface area is 84.3 Å². The van der Waals surface area contributed by atoms with Gasteiger partial charge in [0, 0.05) is 21.9 Å². The van der Waals surface area contributed by atoms with Crippen molar-refractivity contribution in [2.45, 2.75) is 45.6 Å². The second-order valence-corrected chi connectivity index (χ2v) is 5.68. The number of hydrogen-bond donors (Lipinski definition) is 1. The van der Waals surface area contributed by atoms with Crippen LogP contribution in [0.5, 0.6) is 0 Å². The van der Waals surface area contributed by atoms with Crippen molar-refractivity contribution in [2.24, 2.45) is 5.73 Å². The highest BCUT2D eigenvalue weighted by atomic mass is 32.1. The lowest BCUT2D eigenvalue weighted by Crippen LogP contribution is -2.31. The highest BCUT2D eigenvalue weighted by Crippen LogP contribution is 2.31. The summed E-state index contributed by atoms with van der Waals surface area (Å²) in [6, 6.07) is 0. The van der Waals surface area contributed by atoms with Gasteiger partial charge in [0.25, 0.3) is 0 Å². The topological polar surface area (TPSA) is 38.9 Å². The smallest absolute Gasteiger partial charge is 0.0645 e. The Bertz CT molecular complexity index is 260. The predicted molar refractivity (Wildman–Crippen MR) is 58.0 cm³/mol. The molecule has 1 heterocycles. The summed E-state index contributed by atoms with van der Waals surface area (Å²) in [6.45, 7) is 10.5. The van der Waals surface area contributed by atoms with E-state index in [-0.39, 0.29) is 11.0 Å². The van der Waals surface area contributed by atoms with Crippen LogP contribution in [-0.4, -0.2) is 4.37 Å². The first-order valence-electron chi connectivity index (χ1n) is 4.47. The van der Waals surface area contributed by atoms with Crippen LogP contribution in [0.25, 0.3) is 0 Å². The lowest BCUT2D eigenvalue weighted by molar-refractivity contribution is 0.506. The van der Waals surface area contributed by atoms with E-state index in [9.17, 15) is 0 Å². The van der Waals surface area contributed by atoms with Gasteiger partial charge in [0.1, 0.15) is 0 Å². The molecule has 74 valence electrons. The first kappa shape index (κ1) is 10.7. The van der Waals surface area contributed by atoms with Crippen molar-refractivity contribution in [3.63, 3.8) is 0 Å². The van der Waals surface area contributed by atoms with Crippen LogP contribution in [-0.2, 0) is 11.0 Å². The van der Waals surface area contributed by atoms with Crippen LogP contribution in [0, 0.1) is 0 Å². The van der Waals surface area contributed by atoms with E-state index in [0.717, 1.165) is 5.69 Å². The Morgan fingerprint density at radius 2 is 1.77 bits per heavy atom. The number of nitrogens with zero attached hydrogens (tertiary/aromatic N) is 1. The van der Waals surface area contributed by atoms with Gasteiger partial charge in [-0.3, -0.25) is 0 Å². The molecule has 2 N–H and O–H groups in total. The molecular formula is C10H18N2S. The molecule has 0 unspecified atom stereocenters. The molecule has 0 saturated heterocycles. The Morgan fingerprint density at radius 3 is 2.08 bits per heavy atom. The molecular weight excluding hydrogens is 180 g/mol. The highest BCUT2D eigenvalue weighted by molar-refractivity contribution is 7.03. The van der Waals surface area contributed by atoms with E-state index in [1.165, 1.54) is 17.1 Å². The van der Waals surface area contributed by atoms with E-state index in [1.807, 2.05) is 13.8 Å². The van der Waals surface area contributed by atoms with Gasteiger partial charge in [0.15, 0.2) is 0 Å². The summed E-state index contributed by atoms with van der Waals surface area (Å²) in [5.41, 5.74) is 8.17. The van der Waals surface area contributed by atoms with Crippen molar-refractivity contribution in [1.82, 2.24) is 4.37 Å². The Hall–Kier alpha value is -0.410. The third-order valence-electron chi connectivity index (χ3n) is 1.97. The third kappa shape index (κ3) is 2.29. The fraction of sp³-hybridized carbons (Fsp3) is 0.700. The van der Waals surface area contributed by atoms with Gasteiger partial charge in [-0.05, 0) is 25.4 Å². The molecule has 1 aromatic rings. The Balaban J connectivity index is 3.19. The molecule has 0 saturated carbocycles. The Kier molecular flexibility index (Phi) is 2.52. The van der Waals surface area contributed by atoms with Crippen LogP contribution in [0.2, 0.25) is 0 Å². The molecule has 1 aromatic heterocycles. The normalized spacial score (nSPS) is 13.4. The van der Waals surface area contributed by atoms with E-state index in [2.05, 4.69) is 30.5 Å². The van der Waals surface area contributed by atoms with Crippen LogP contribution in [0.15, 0.2) is 5.38 Å². The maximum absolute atomic E-state index is 6.07. The first-order chi connectivity index (χ1) is 5.73. The summed E-state index contributed by atoms with van der Waals surface area (Å²) in [4.78, 5) is 0. The molecule has 1 rings (SSSR count). The van der Waals surface area contributed by atoms with Crippen molar-refractivity contribution in [1.29, 1.82) is 0 Å². The number of nitrogens with two attached hydrogens (primary N) is 1. The second-order valence-electron chi connectivity index (χ2n) is 5.05. The van der Waals surface area contributed by atoms with Gasteiger partial charge < -0.3 is 5.73 Å². The molecule has 0 aliphatic carbocycles. The molecule has 0 radical (unpaired) electrons. The van der Waals surface area contributed by atoms with E-state index in [4.69, 9.17) is 5.73 Å². The summed E-state index contributed by atoms with van der Waals surface area (Å²) < 4.78 is 4.42. The summed E-state index contributed by atoms with van der Waals surface area (Å²) >= 11 is 1.49. The van der Waals surface area contributed by atoms with Gasteiger partial charge in [-0.1, -0.05) is 20.8 Å². The summed E-state index contributed by atoms with van der Waals surface area (Å²) in [6.07, 6.45) is 0. The molecule has 13 heavy (non-hydrogen) atoms. The molecule has 0 aliphatic rings. The van der Waals surface area contributed by atoms with Gasteiger partial charge in [-0.2, -0.15) is 4.37 Å². The molecule has 0 spiro atoms. The Morgan fingerprint density at radius 1 is 1.23 bits per heavy atom. The van der Waals surface area contributed by atoms with E-state index in [0.29, 0.717) is 0 Å². The van der Waals surface area contributed by atoms with Gasteiger partial charge >= 0.3 is 0 Å².